The number of carbonyl (C=O) groups excluding carboxylic acids is 2. The Balaban J connectivity index is 1.40. The predicted octanol–water partition coefficient (Wildman–Crippen LogP) is 3.19. The molecule has 3 aromatic rings. The molecule has 178 valence electrons. The number of fused-ring (bicyclic) bond motifs is 3. The van der Waals surface area contributed by atoms with Crippen LogP contribution in [0.25, 0.3) is 10.9 Å². The van der Waals surface area contributed by atoms with Gasteiger partial charge in [-0.25, -0.2) is 5.48 Å². The Morgan fingerprint density at radius 2 is 1.74 bits per heavy atom. The third-order valence-corrected chi connectivity index (χ3v) is 7.47. The number of piperazine rings is 1. The number of para-hydroxylation sites is 1. The van der Waals surface area contributed by atoms with E-state index < -0.39 is 5.91 Å². The van der Waals surface area contributed by atoms with Crippen LogP contribution in [0, 0.1) is 5.92 Å². The van der Waals surface area contributed by atoms with Gasteiger partial charge in [-0.15, -0.1) is 0 Å². The number of carbonyl (C=O) groups is 2. The van der Waals surface area contributed by atoms with Crippen molar-refractivity contribution < 1.29 is 14.8 Å². The summed E-state index contributed by atoms with van der Waals surface area (Å²) < 4.78 is 2.26. The van der Waals surface area contributed by atoms with Crippen LogP contribution in [0.15, 0.2) is 48.5 Å². The topological polar surface area (TPSA) is 77.8 Å². The Bertz CT molecular complexity index is 1190. The van der Waals surface area contributed by atoms with Crippen molar-refractivity contribution in [1.82, 2.24) is 19.8 Å². The molecule has 1 unspecified atom stereocenters. The molecule has 1 atom stereocenters. The van der Waals surface area contributed by atoms with Gasteiger partial charge in [-0.05, 0) is 43.1 Å². The molecule has 2 aliphatic rings. The van der Waals surface area contributed by atoms with E-state index in [9.17, 15) is 9.59 Å². The van der Waals surface area contributed by atoms with Crippen LogP contribution in [0.2, 0.25) is 0 Å². The molecule has 0 saturated carbocycles. The fraction of sp³-hybridized carbons (Fsp3) is 0.407. The van der Waals surface area contributed by atoms with Crippen LogP contribution in [0.1, 0.15) is 45.3 Å². The van der Waals surface area contributed by atoms with Crippen molar-refractivity contribution in [1.29, 1.82) is 0 Å². The molecule has 2 heterocycles. The summed E-state index contributed by atoms with van der Waals surface area (Å²) in [7, 11) is 0. The van der Waals surface area contributed by atoms with E-state index in [1.807, 2.05) is 24.3 Å². The van der Waals surface area contributed by atoms with Gasteiger partial charge in [0.25, 0.3) is 5.91 Å². The van der Waals surface area contributed by atoms with Crippen molar-refractivity contribution in [3.05, 3.63) is 70.9 Å². The number of hydrogen-bond acceptors (Lipinski definition) is 5. The van der Waals surface area contributed by atoms with Crippen LogP contribution in [-0.4, -0.2) is 70.5 Å². The lowest BCUT2D eigenvalue weighted by molar-refractivity contribution is 0.0706. The normalized spacial score (nSPS) is 19.4. The van der Waals surface area contributed by atoms with Gasteiger partial charge >= 0.3 is 0 Å². The molecule has 1 aliphatic heterocycles. The molecule has 2 N–H and O–H groups in total. The maximum Gasteiger partial charge on any atom is 0.274 e. The van der Waals surface area contributed by atoms with Crippen LogP contribution >= 0.6 is 0 Å². The summed E-state index contributed by atoms with van der Waals surface area (Å²) in [5.74, 6) is -0.191. The van der Waals surface area contributed by atoms with Crippen molar-refractivity contribution >= 4 is 22.6 Å². The van der Waals surface area contributed by atoms with E-state index in [1.54, 1.807) is 17.6 Å². The van der Waals surface area contributed by atoms with Crippen molar-refractivity contribution in [3.8, 4) is 0 Å². The lowest BCUT2D eigenvalue weighted by Gasteiger charge is -2.36. The second kappa shape index (κ2) is 9.70. The Morgan fingerprint density at radius 3 is 2.44 bits per heavy atom. The van der Waals surface area contributed by atoms with Gasteiger partial charge in [0, 0.05) is 72.9 Å². The minimum atomic E-state index is -0.525. The second-order valence-electron chi connectivity index (χ2n) is 9.40. The SMILES string of the molecule is CCN1CCN(CC2CCc3c(c4ccccc4n3Cc3ccc(C(=O)NO)cc3)C2=O)CC1. The third kappa shape index (κ3) is 4.27. The molecular formula is C27H32N4O3. The summed E-state index contributed by atoms with van der Waals surface area (Å²) in [6.07, 6.45) is 1.77. The molecule has 1 saturated heterocycles. The smallest absolute Gasteiger partial charge is 0.274 e. The minimum absolute atomic E-state index is 0.0520. The maximum absolute atomic E-state index is 13.7. The van der Waals surface area contributed by atoms with Gasteiger partial charge < -0.3 is 14.4 Å². The van der Waals surface area contributed by atoms with Crippen LogP contribution < -0.4 is 5.48 Å². The first-order chi connectivity index (χ1) is 16.6. The Kier molecular flexibility index (Phi) is 6.50. The van der Waals surface area contributed by atoms with Crippen LogP contribution in [0.5, 0.6) is 0 Å². The molecule has 7 heteroatoms. The van der Waals surface area contributed by atoms with Gasteiger partial charge in [-0.3, -0.25) is 14.8 Å². The largest absolute Gasteiger partial charge is 0.339 e. The first kappa shape index (κ1) is 22.8. The zero-order chi connectivity index (χ0) is 23.7. The van der Waals surface area contributed by atoms with E-state index >= 15 is 0 Å². The van der Waals surface area contributed by atoms with E-state index in [-0.39, 0.29) is 11.7 Å². The van der Waals surface area contributed by atoms with E-state index in [0.29, 0.717) is 12.1 Å². The molecule has 0 spiro atoms. The molecule has 0 radical (unpaired) electrons. The fourth-order valence-corrected chi connectivity index (χ4v) is 5.50. The van der Waals surface area contributed by atoms with Crippen LogP contribution in [-0.2, 0) is 13.0 Å². The second-order valence-corrected chi connectivity index (χ2v) is 9.40. The van der Waals surface area contributed by atoms with Crippen molar-refractivity contribution in [3.63, 3.8) is 0 Å². The average molecular weight is 461 g/mol. The fourth-order valence-electron chi connectivity index (χ4n) is 5.50. The molecular weight excluding hydrogens is 428 g/mol. The molecule has 7 nitrogen and oxygen atoms in total. The summed E-state index contributed by atoms with van der Waals surface area (Å²) in [5, 5.41) is 9.89. The van der Waals surface area contributed by atoms with E-state index in [1.165, 1.54) is 0 Å². The first-order valence-electron chi connectivity index (χ1n) is 12.2. The van der Waals surface area contributed by atoms with Gasteiger partial charge in [-0.2, -0.15) is 0 Å². The number of aromatic nitrogens is 1. The summed E-state index contributed by atoms with van der Waals surface area (Å²) in [6, 6.07) is 15.4. The summed E-state index contributed by atoms with van der Waals surface area (Å²) in [6.45, 7) is 9.03. The number of Topliss-reactive ketones (excluding diaryl/α,β-unsaturated/α-hetero) is 1. The average Bonchev–Trinajstić information content (AvgIpc) is 3.20. The Hall–Kier alpha value is -3.00. The van der Waals surface area contributed by atoms with Gasteiger partial charge in [0.1, 0.15) is 0 Å². The molecule has 34 heavy (non-hydrogen) atoms. The number of nitrogens with one attached hydrogen (secondary N) is 1. The van der Waals surface area contributed by atoms with E-state index in [4.69, 9.17) is 5.21 Å². The molecule has 1 aromatic heterocycles. The molecule has 1 amide bonds. The number of amides is 1. The molecule has 2 aromatic carbocycles. The van der Waals surface area contributed by atoms with Crippen molar-refractivity contribution in [2.45, 2.75) is 26.3 Å². The quantitative estimate of drug-likeness (QED) is 0.436. The lowest BCUT2D eigenvalue weighted by Crippen LogP contribution is -2.48. The summed E-state index contributed by atoms with van der Waals surface area (Å²) in [5.41, 5.74) is 6.21. The number of hydrogen-bond donors (Lipinski definition) is 2. The summed E-state index contributed by atoms with van der Waals surface area (Å²) in [4.78, 5) is 30.3. The van der Waals surface area contributed by atoms with Crippen molar-refractivity contribution in [2.24, 2.45) is 5.92 Å². The number of likely N-dealkylation sites (N-methyl/N-ethyl adjacent to an activating group) is 1. The Morgan fingerprint density at radius 1 is 1.03 bits per heavy atom. The number of nitrogens with zero attached hydrogens (tertiary/aromatic N) is 3. The third-order valence-electron chi connectivity index (χ3n) is 7.47. The number of ketones is 1. The highest BCUT2D eigenvalue weighted by molar-refractivity contribution is 6.11. The van der Waals surface area contributed by atoms with Crippen LogP contribution in [0.4, 0.5) is 0 Å². The van der Waals surface area contributed by atoms with Crippen molar-refractivity contribution in [2.75, 3.05) is 39.3 Å². The molecule has 1 aliphatic carbocycles. The monoisotopic (exact) mass is 460 g/mol. The lowest BCUT2D eigenvalue weighted by atomic mass is 9.84. The predicted molar refractivity (Wildman–Crippen MR) is 131 cm³/mol. The van der Waals surface area contributed by atoms with Gasteiger partial charge in [0.2, 0.25) is 0 Å². The highest BCUT2D eigenvalue weighted by Gasteiger charge is 2.34. The number of hydroxylamine groups is 1. The van der Waals surface area contributed by atoms with Gasteiger partial charge in [0.05, 0.1) is 0 Å². The summed E-state index contributed by atoms with van der Waals surface area (Å²) >= 11 is 0. The highest BCUT2D eigenvalue weighted by Crippen LogP contribution is 2.35. The Labute approximate surface area is 199 Å². The maximum atomic E-state index is 13.7. The molecule has 1 fully saturated rings. The van der Waals surface area contributed by atoms with Crippen LogP contribution in [0.3, 0.4) is 0 Å². The molecule has 5 rings (SSSR count). The number of benzene rings is 2. The zero-order valence-electron chi connectivity index (χ0n) is 19.7. The highest BCUT2D eigenvalue weighted by atomic mass is 16.5. The van der Waals surface area contributed by atoms with E-state index in [0.717, 1.165) is 79.8 Å². The molecule has 0 bridgehead atoms. The van der Waals surface area contributed by atoms with E-state index in [2.05, 4.69) is 33.4 Å². The standard InChI is InChI=1S/C27H32N4O3/c1-2-29-13-15-30(16-14-29)18-21-11-12-24-25(26(21)32)22-5-3-4-6-23(22)31(24)17-19-7-9-20(10-8-19)27(33)28-34/h3-10,21,34H,2,11-18H2,1H3,(H,28,33). The van der Waals surface area contributed by atoms with Gasteiger partial charge in [0.15, 0.2) is 5.78 Å². The first-order valence-corrected chi connectivity index (χ1v) is 12.2. The number of rotatable bonds is 6. The minimum Gasteiger partial charge on any atom is -0.339 e. The zero-order valence-corrected chi connectivity index (χ0v) is 19.7. The van der Waals surface area contributed by atoms with Gasteiger partial charge in [-0.1, -0.05) is 37.3 Å².